The van der Waals surface area contributed by atoms with Gasteiger partial charge < -0.3 is 5.32 Å². The van der Waals surface area contributed by atoms with Crippen LogP contribution in [0.5, 0.6) is 0 Å². The number of benzene rings is 1. The van der Waals surface area contributed by atoms with Crippen molar-refractivity contribution in [2.45, 2.75) is 12.8 Å². The fraction of sp³-hybridized carbons (Fsp3) is 0.231. The second-order valence-corrected chi connectivity index (χ2v) is 3.45. The Kier molecular flexibility index (Phi) is 2.68. The van der Waals surface area contributed by atoms with Crippen LogP contribution in [0.2, 0.25) is 0 Å². The van der Waals surface area contributed by atoms with Gasteiger partial charge in [0.25, 0.3) is 0 Å². The molecule has 1 aromatic carbocycles. The van der Waals surface area contributed by atoms with Crippen LogP contribution in [0.15, 0.2) is 48.2 Å². The van der Waals surface area contributed by atoms with Gasteiger partial charge in [0.2, 0.25) is 0 Å². The van der Waals surface area contributed by atoms with Crippen LogP contribution in [0.4, 0.5) is 0 Å². The second kappa shape index (κ2) is 4.14. The van der Waals surface area contributed by atoms with Gasteiger partial charge in [0.05, 0.1) is 0 Å². The van der Waals surface area contributed by atoms with Crippen molar-refractivity contribution in [1.29, 1.82) is 0 Å². The smallest absolute Gasteiger partial charge is 0.0187 e. The molecular formula is C13H15N. The summed E-state index contributed by atoms with van der Waals surface area (Å²) >= 11 is 0. The standard InChI is InChI=1S/C13H15N/c1-14-13-10-6-5-9-12(13)11-7-3-2-4-8-11/h2-5,7-9,14H,6,10H2,1H3. The van der Waals surface area contributed by atoms with E-state index in [1.54, 1.807) is 0 Å². The molecule has 0 spiro atoms. The average Bonchev–Trinajstić information content (AvgIpc) is 2.30. The molecule has 1 aromatic rings. The highest BCUT2D eigenvalue weighted by molar-refractivity contribution is 5.77. The maximum atomic E-state index is 3.28. The Labute approximate surface area is 85.2 Å². The van der Waals surface area contributed by atoms with E-state index >= 15 is 0 Å². The van der Waals surface area contributed by atoms with E-state index in [2.05, 4.69) is 47.8 Å². The van der Waals surface area contributed by atoms with Crippen molar-refractivity contribution in [1.82, 2.24) is 5.32 Å². The summed E-state index contributed by atoms with van der Waals surface area (Å²) in [7, 11) is 2.00. The fourth-order valence-electron chi connectivity index (χ4n) is 1.81. The fourth-order valence-corrected chi connectivity index (χ4v) is 1.81. The minimum Gasteiger partial charge on any atom is -0.391 e. The summed E-state index contributed by atoms with van der Waals surface area (Å²) in [4.78, 5) is 0. The van der Waals surface area contributed by atoms with Gasteiger partial charge in [-0.25, -0.2) is 0 Å². The zero-order chi connectivity index (χ0) is 9.80. The van der Waals surface area contributed by atoms with Crippen LogP contribution in [0.1, 0.15) is 18.4 Å². The summed E-state index contributed by atoms with van der Waals surface area (Å²) in [6.45, 7) is 0. The molecule has 2 rings (SSSR count). The normalized spacial score (nSPS) is 15.8. The zero-order valence-electron chi connectivity index (χ0n) is 8.46. The summed E-state index contributed by atoms with van der Waals surface area (Å²) < 4.78 is 0. The molecule has 0 amide bonds. The lowest BCUT2D eigenvalue weighted by Gasteiger charge is -2.15. The molecule has 1 heteroatoms. The van der Waals surface area contributed by atoms with Crippen LogP contribution in [-0.2, 0) is 0 Å². The lowest BCUT2D eigenvalue weighted by Crippen LogP contribution is -2.10. The first-order chi connectivity index (χ1) is 6.92. The topological polar surface area (TPSA) is 12.0 Å². The quantitative estimate of drug-likeness (QED) is 0.747. The molecule has 0 saturated heterocycles. The Morgan fingerprint density at radius 1 is 1.14 bits per heavy atom. The number of hydrogen-bond acceptors (Lipinski definition) is 1. The maximum absolute atomic E-state index is 3.28. The molecule has 0 unspecified atom stereocenters. The molecular weight excluding hydrogens is 170 g/mol. The Morgan fingerprint density at radius 3 is 2.64 bits per heavy atom. The summed E-state index contributed by atoms with van der Waals surface area (Å²) in [5.74, 6) is 0. The van der Waals surface area contributed by atoms with Gasteiger partial charge in [-0.3, -0.25) is 0 Å². The van der Waals surface area contributed by atoms with E-state index in [4.69, 9.17) is 0 Å². The first-order valence-electron chi connectivity index (χ1n) is 5.04. The van der Waals surface area contributed by atoms with Gasteiger partial charge in [0.15, 0.2) is 0 Å². The molecule has 0 bridgehead atoms. The summed E-state index contributed by atoms with van der Waals surface area (Å²) in [5, 5.41) is 3.28. The minimum absolute atomic E-state index is 1.12. The van der Waals surface area contributed by atoms with E-state index in [9.17, 15) is 0 Å². The van der Waals surface area contributed by atoms with E-state index in [1.165, 1.54) is 16.8 Å². The highest BCUT2D eigenvalue weighted by Gasteiger charge is 2.07. The molecule has 1 aliphatic carbocycles. The SMILES string of the molecule is CNC1=C(c2ccccc2)C=CCC1. The molecule has 0 radical (unpaired) electrons. The lowest BCUT2D eigenvalue weighted by atomic mass is 9.97. The van der Waals surface area contributed by atoms with Crippen LogP contribution in [0.3, 0.4) is 0 Å². The second-order valence-electron chi connectivity index (χ2n) is 3.45. The zero-order valence-corrected chi connectivity index (χ0v) is 8.46. The van der Waals surface area contributed by atoms with Crippen molar-refractivity contribution >= 4 is 5.57 Å². The van der Waals surface area contributed by atoms with E-state index in [0.29, 0.717) is 0 Å². The number of allylic oxidation sites excluding steroid dienone is 4. The molecule has 1 nitrogen and oxygen atoms in total. The molecule has 1 N–H and O–H groups in total. The molecule has 72 valence electrons. The van der Waals surface area contributed by atoms with Crippen molar-refractivity contribution in [2.75, 3.05) is 7.05 Å². The Balaban J connectivity index is 2.41. The van der Waals surface area contributed by atoms with E-state index in [1.807, 2.05) is 7.05 Å². The number of rotatable bonds is 2. The van der Waals surface area contributed by atoms with Gasteiger partial charge in [0.1, 0.15) is 0 Å². The summed E-state index contributed by atoms with van der Waals surface area (Å²) in [6, 6.07) is 10.5. The first kappa shape index (κ1) is 9.07. The monoisotopic (exact) mass is 185 g/mol. The first-order valence-corrected chi connectivity index (χ1v) is 5.04. The molecule has 0 fully saturated rings. The number of hydrogen-bond donors (Lipinski definition) is 1. The van der Waals surface area contributed by atoms with Crippen LogP contribution in [0.25, 0.3) is 5.57 Å². The molecule has 0 aliphatic heterocycles. The van der Waals surface area contributed by atoms with Crippen molar-refractivity contribution in [3.05, 3.63) is 53.7 Å². The van der Waals surface area contributed by atoms with Gasteiger partial charge >= 0.3 is 0 Å². The minimum atomic E-state index is 1.12. The molecule has 0 saturated carbocycles. The van der Waals surface area contributed by atoms with Crippen LogP contribution in [0, 0.1) is 0 Å². The van der Waals surface area contributed by atoms with Gasteiger partial charge in [-0.15, -0.1) is 0 Å². The Hall–Kier alpha value is -1.50. The highest BCUT2D eigenvalue weighted by atomic mass is 14.8. The van der Waals surface area contributed by atoms with Gasteiger partial charge in [-0.2, -0.15) is 0 Å². The molecule has 1 aliphatic rings. The molecule has 0 atom stereocenters. The average molecular weight is 185 g/mol. The third kappa shape index (κ3) is 1.72. The van der Waals surface area contributed by atoms with Gasteiger partial charge in [-0.05, 0) is 18.4 Å². The maximum Gasteiger partial charge on any atom is 0.0187 e. The molecule has 0 heterocycles. The summed E-state index contributed by atoms with van der Waals surface area (Å²) in [5.41, 5.74) is 3.98. The molecule has 14 heavy (non-hydrogen) atoms. The predicted molar refractivity (Wildman–Crippen MR) is 60.8 cm³/mol. The third-order valence-corrected chi connectivity index (χ3v) is 2.56. The van der Waals surface area contributed by atoms with Gasteiger partial charge in [0, 0.05) is 18.3 Å². The summed E-state index contributed by atoms with van der Waals surface area (Å²) in [6.07, 6.45) is 6.72. The predicted octanol–water partition coefficient (Wildman–Crippen LogP) is 2.97. The highest BCUT2D eigenvalue weighted by Crippen LogP contribution is 2.25. The molecule has 0 aromatic heterocycles. The van der Waals surface area contributed by atoms with Crippen molar-refractivity contribution in [3.63, 3.8) is 0 Å². The Bertz CT molecular complexity index is 360. The van der Waals surface area contributed by atoms with E-state index in [-0.39, 0.29) is 0 Å². The van der Waals surface area contributed by atoms with Crippen LogP contribution >= 0.6 is 0 Å². The van der Waals surface area contributed by atoms with E-state index in [0.717, 1.165) is 12.8 Å². The van der Waals surface area contributed by atoms with Gasteiger partial charge in [-0.1, -0.05) is 42.5 Å². The van der Waals surface area contributed by atoms with Crippen molar-refractivity contribution in [3.8, 4) is 0 Å². The van der Waals surface area contributed by atoms with Crippen LogP contribution < -0.4 is 5.32 Å². The number of nitrogens with one attached hydrogen (secondary N) is 1. The lowest BCUT2D eigenvalue weighted by molar-refractivity contribution is 0.847. The third-order valence-electron chi connectivity index (χ3n) is 2.56. The Morgan fingerprint density at radius 2 is 1.93 bits per heavy atom. The van der Waals surface area contributed by atoms with Crippen molar-refractivity contribution in [2.24, 2.45) is 0 Å². The van der Waals surface area contributed by atoms with E-state index < -0.39 is 0 Å². The van der Waals surface area contributed by atoms with Crippen LogP contribution in [-0.4, -0.2) is 7.05 Å². The van der Waals surface area contributed by atoms with Crippen molar-refractivity contribution < 1.29 is 0 Å². The largest absolute Gasteiger partial charge is 0.391 e.